The van der Waals surface area contributed by atoms with Crippen molar-refractivity contribution in [2.24, 2.45) is 10.8 Å². The van der Waals surface area contributed by atoms with Gasteiger partial charge in [0, 0.05) is 0 Å². The minimum absolute atomic E-state index is 0.473. The van der Waals surface area contributed by atoms with Crippen LogP contribution in [-0.2, 0) is 0 Å². The van der Waals surface area contributed by atoms with Gasteiger partial charge >= 0.3 is 0 Å². The third-order valence-electron chi connectivity index (χ3n) is 5.02. The predicted octanol–water partition coefficient (Wildman–Crippen LogP) is 5.95. The molecule has 1 saturated carbocycles. The van der Waals surface area contributed by atoms with E-state index in [0.29, 0.717) is 10.8 Å². The molecule has 1 aliphatic carbocycles. The second kappa shape index (κ2) is 6.07. The Bertz CT molecular complexity index is 173. The standard InChI is InChI=1S/C16H32/c1-15(2,3)16(4)13-11-9-7-5-6-8-10-12-14-16/h5-14H2,1-4H3. The molecule has 0 amide bonds. The van der Waals surface area contributed by atoms with Gasteiger partial charge in [0.25, 0.3) is 0 Å². The Balaban J connectivity index is 2.57. The minimum Gasteiger partial charge on any atom is -0.0597 e. The van der Waals surface area contributed by atoms with Crippen molar-refractivity contribution < 1.29 is 0 Å². The molecule has 0 N–H and O–H groups in total. The van der Waals surface area contributed by atoms with Crippen LogP contribution >= 0.6 is 0 Å². The molecule has 0 atom stereocenters. The first kappa shape index (κ1) is 14.1. The largest absolute Gasteiger partial charge is 0.0597 e. The molecular weight excluding hydrogens is 192 g/mol. The van der Waals surface area contributed by atoms with Gasteiger partial charge in [-0.15, -0.1) is 0 Å². The Kier molecular flexibility index (Phi) is 5.34. The van der Waals surface area contributed by atoms with Gasteiger partial charge in [-0.2, -0.15) is 0 Å². The maximum atomic E-state index is 2.53. The van der Waals surface area contributed by atoms with Crippen molar-refractivity contribution in [1.82, 2.24) is 0 Å². The highest BCUT2D eigenvalue weighted by molar-refractivity contribution is 4.86. The number of hydrogen-bond donors (Lipinski definition) is 0. The van der Waals surface area contributed by atoms with Crippen molar-refractivity contribution in [2.75, 3.05) is 0 Å². The number of hydrogen-bond acceptors (Lipinski definition) is 0. The molecule has 0 heteroatoms. The van der Waals surface area contributed by atoms with Crippen LogP contribution in [0.15, 0.2) is 0 Å². The van der Waals surface area contributed by atoms with E-state index in [1.54, 1.807) is 0 Å². The average molecular weight is 224 g/mol. The van der Waals surface area contributed by atoms with Gasteiger partial charge in [0.05, 0.1) is 0 Å². The Morgan fingerprint density at radius 2 is 0.938 bits per heavy atom. The van der Waals surface area contributed by atoms with Gasteiger partial charge in [0.15, 0.2) is 0 Å². The second-order valence-corrected chi connectivity index (χ2v) is 7.14. The van der Waals surface area contributed by atoms with Crippen molar-refractivity contribution in [1.29, 1.82) is 0 Å². The summed E-state index contributed by atoms with van der Waals surface area (Å²) in [5.41, 5.74) is 1.04. The summed E-state index contributed by atoms with van der Waals surface area (Å²) in [6, 6.07) is 0. The molecule has 0 radical (unpaired) electrons. The first-order chi connectivity index (χ1) is 7.46. The summed E-state index contributed by atoms with van der Waals surface area (Å²) in [6.07, 6.45) is 14.6. The summed E-state index contributed by atoms with van der Waals surface area (Å²) in [6.45, 7) is 9.84. The summed E-state index contributed by atoms with van der Waals surface area (Å²) in [5, 5.41) is 0. The first-order valence-corrected chi connectivity index (χ1v) is 7.46. The molecule has 1 rings (SSSR count). The van der Waals surface area contributed by atoms with Gasteiger partial charge in [0.1, 0.15) is 0 Å². The fourth-order valence-electron chi connectivity index (χ4n) is 2.97. The second-order valence-electron chi connectivity index (χ2n) is 7.14. The lowest BCUT2D eigenvalue weighted by Gasteiger charge is -2.43. The van der Waals surface area contributed by atoms with Gasteiger partial charge in [-0.3, -0.25) is 0 Å². The Hall–Kier alpha value is 0. The third kappa shape index (κ3) is 4.11. The lowest BCUT2D eigenvalue weighted by molar-refractivity contribution is 0.0784. The zero-order valence-corrected chi connectivity index (χ0v) is 12.1. The molecule has 96 valence electrons. The van der Waals surface area contributed by atoms with Gasteiger partial charge in [-0.05, 0) is 23.7 Å². The van der Waals surface area contributed by atoms with Crippen molar-refractivity contribution in [3.63, 3.8) is 0 Å². The van der Waals surface area contributed by atoms with E-state index in [1.807, 2.05) is 0 Å². The van der Waals surface area contributed by atoms with Gasteiger partial charge in [-0.25, -0.2) is 0 Å². The molecule has 0 aromatic carbocycles. The van der Waals surface area contributed by atoms with Crippen molar-refractivity contribution in [3.05, 3.63) is 0 Å². The molecule has 0 spiro atoms. The van der Waals surface area contributed by atoms with E-state index in [2.05, 4.69) is 27.7 Å². The maximum Gasteiger partial charge on any atom is -0.0277 e. The van der Waals surface area contributed by atoms with Crippen LogP contribution in [0.1, 0.15) is 91.9 Å². The van der Waals surface area contributed by atoms with Gasteiger partial charge in [-0.1, -0.05) is 79.1 Å². The van der Waals surface area contributed by atoms with Crippen LogP contribution in [-0.4, -0.2) is 0 Å². The molecule has 1 aliphatic rings. The Morgan fingerprint density at radius 3 is 1.25 bits per heavy atom. The Morgan fingerprint density at radius 1 is 0.625 bits per heavy atom. The van der Waals surface area contributed by atoms with E-state index >= 15 is 0 Å². The molecule has 0 bridgehead atoms. The zero-order chi connectivity index (χ0) is 12.1. The van der Waals surface area contributed by atoms with Crippen LogP contribution in [0.5, 0.6) is 0 Å². The van der Waals surface area contributed by atoms with Crippen molar-refractivity contribution >= 4 is 0 Å². The van der Waals surface area contributed by atoms with Crippen molar-refractivity contribution in [3.8, 4) is 0 Å². The molecule has 16 heavy (non-hydrogen) atoms. The highest BCUT2D eigenvalue weighted by atomic mass is 14.4. The van der Waals surface area contributed by atoms with Gasteiger partial charge < -0.3 is 0 Å². The maximum absolute atomic E-state index is 2.53. The minimum atomic E-state index is 0.473. The van der Waals surface area contributed by atoms with Crippen LogP contribution in [0, 0.1) is 10.8 Å². The average Bonchev–Trinajstić information content (AvgIpc) is 2.22. The number of rotatable bonds is 0. The fourth-order valence-corrected chi connectivity index (χ4v) is 2.97. The van der Waals surface area contributed by atoms with E-state index in [0.717, 1.165) is 0 Å². The molecule has 0 aromatic heterocycles. The molecule has 0 aliphatic heterocycles. The molecule has 0 nitrogen and oxygen atoms in total. The summed E-state index contributed by atoms with van der Waals surface area (Å²) < 4.78 is 0. The molecule has 0 saturated heterocycles. The topological polar surface area (TPSA) is 0 Å². The molecular formula is C16H32. The van der Waals surface area contributed by atoms with Crippen LogP contribution in [0.4, 0.5) is 0 Å². The summed E-state index contributed by atoms with van der Waals surface area (Å²) in [4.78, 5) is 0. The molecule has 0 aromatic rings. The van der Waals surface area contributed by atoms with Crippen LogP contribution in [0.3, 0.4) is 0 Å². The van der Waals surface area contributed by atoms with Crippen LogP contribution in [0.25, 0.3) is 0 Å². The Labute approximate surface area is 103 Å². The lowest BCUT2D eigenvalue weighted by Crippen LogP contribution is -2.32. The fraction of sp³-hybridized carbons (Fsp3) is 1.00. The first-order valence-electron chi connectivity index (χ1n) is 7.46. The predicted molar refractivity (Wildman–Crippen MR) is 73.7 cm³/mol. The third-order valence-corrected chi connectivity index (χ3v) is 5.02. The SMILES string of the molecule is CC(C)(C)C1(C)CCCCCCCCCC1. The molecule has 0 heterocycles. The van der Waals surface area contributed by atoms with E-state index in [4.69, 9.17) is 0 Å². The van der Waals surface area contributed by atoms with E-state index in [-0.39, 0.29) is 0 Å². The highest BCUT2D eigenvalue weighted by Gasteiger charge is 2.35. The lowest BCUT2D eigenvalue weighted by atomic mass is 9.63. The van der Waals surface area contributed by atoms with E-state index < -0.39 is 0 Å². The van der Waals surface area contributed by atoms with Crippen molar-refractivity contribution in [2.45, 2.75) is 91.9 Å². The summed E-state index contributed by atoms with van der Waals surface area (Å²) >= 11 is 0. The molecule has 0 unspecified atom stereocenters. The normalized spacial score (nSPS) is 24.8. The van der Waals surface area contributed by atoms with Crippen LogP contribution in [0.2, 0.25) is 0 Å². The monoisotopic (exact) mass is 224 g/mol. The quantitative estimate of drug-likeness (QED) is 0.476. The smallest absolute Gasteiger partial charge is 0.0277 e. The molecule has 1 fully saturated rings. The van der Waals surface area contributed by atoms with E-state index in [1.165, 1.54) is 64.2 Å². The zero-order valence-electron chi connectivity index (χ0n) is 12.1. The summed E-state index contributed by atoms with van der Waals surface area (Å²) in [7, 11) is 0. The highest BCUT2D eigenvalue weighted by Crippen LogP contribution is 2.46. The van der Waals surface area contributed by atoms with E-state index in [9.17, 15) is 0 Å². The summed E-state index contributed by atoms with van der Waals surface area (Å²) in [5.74, 6) is 0. The van der Waals surface area contributed by atoms with Gasteiger partial charge in [0.2, 0.25) is 0 Å². The van der Waals surface area contributed by atoms with Crippen LogP contribution < -0.4 is 0 Å².